The first kappa shape index (κ1) is 24.3. The summed E-state index contributed by atoms with van der Waals surface area (Å²) in [5.41, 5.74) is 2.88. The van der Waals surface area contributed by atoms with E-state index in [4.69, 9.17) is 11.6 Å². The molecule has 2 aromatic rings. The predicted octanol–water partition coefficient (Wildman–Crippen LogP) is 5.21. The van der Waals surface area contributed by atoms with E-state index in [1.165, 1.54) is 11.8 Å². The van der Waals surface area contributed by atoms with Crippen molar-refractivity contribution < 1.29 is 9.59 Å². The molecule has 0 fully saturated rings. The zero-order valence-corrected chi connectivity index (χ0v) is 19.9. The number of carbonyl (C=O) groups excluding carboxylic acids is 2. The van der Waals surface area contributed by atoms with Crippen LogP contribution < -0.4 is 5.32 Å². The van der Waals surface area contributed by atoms with Crippen molar-refractivity contribution in [3.8, 4) is 0 Å². The van der Waals surface area contributed by atoms with Gasteiger partial charge in [-0.15, -0.1) is 11.8 Å². The Hall–Kier alpha value is -1.98. The van der Waals surface area contributed by atoms with Gasteiger partial charge in [0.25, 0.3) is 0 Å². The lowest BCUT2D eigenvalue weighted by Crippen LogP contribution is -2.52. The van der Waals surface area contributed by atoms with E-state index in [0.717, 1.165) is 16.7 Å². The molecule has 1 atom stereocenters. The maximum absolute atomic E-state index is 13.1. The molecule has 0 aliphatic rings. The predicted molar refractivity (Wildman–Crippen MR) is 127 cm³/mol. The van der Waals surface area contributed by atoms with Crippen LogP contribution in [0.15, 0.2) is 48.5 Å². The molecule has 0 radical (unpaired) electrons. The largest absolute Gasteiger partial charge is 0.350 e. The van der Waals surface area contributed by atoms with Crippen LogP contribution in [0.5, 0.6) is 0 Å². The molecule has 0 aliphatic carbocycles. The molecule has 2 amide bonds. The van der Waals surface area contributed by atoms with E-state index < -0.39 is 6.04 Å². The minimum absolute atomic E-state index is 0.0563. The van der Waals surface area contributed by atoms with Crippen LogP contribution in [-0.2, 0) is 21.9 Å². The van der Waals surface area contributed by atoms with Gasteiger partial charge in [-0.1, -0.05) is 53.6 Å². The number of aryl methyl sites for hydroxylation is 1. The summed E-state index contributed by atoms with van der Waals surface area (Å²) in [6, 6.07) is 15.1. The monoisotopic (exact) mass is 446 g/mol. The molecule has 162 valence electrons. The lowest BCUT2D eigenvalue weighted by atomic mass is 10.1. The highest BCUT2D eigenvalue weighted by atomic mass is 35.5. The van der Waals surface area contributed by atoms with Gasteiger partial charge in [0.05, 0.1) is 5.75 Å². The van der Waals surface area contributed by atoms with Gasteiger partial charge in [-0.25, -0.2) is 0 Å². The van der Waals surface area contributed by atoms with Gasteiger partial charge in [-0.3, -0.25) is 9.59 Å². The smallest absolute Gasteiger partial charge is 0.242 e. The highest BCUT2D eigenvalue weighted by Gasteiger charge is 2.28. The fourth-order valence-electron chi connectivity index (χ4n) is 2.91. The Labute approximate surface area is 189 Å². The van der Waals surface area contributed by atoms with Gasteiger partial charge in [0.15, 0.2) is 0 Å². The molecule has 0 aromatic heterocycles. The van der Waals surface area contributed by atoms with Crippen molar-refractivity contribution in [3.05, 3.63) is 70.2 Å². The van der Waals surface area contributed by atoms with Crippen molar-refractivity contribution in [1.82, 2.24) is 10.2 Å². The fraction of sp³-hybridized carbons (Fsp3) is 0.417. The summed E-state index contributed by atoms with van der Waals surface area (Å²) in [5.74, 6) is 0.778. The quantitative estimate of drug-likeness (QED) is 0.605. The summed E-state index contributed by atoms with van der Waals surface area (Å²) < 4.78 is 0. The number of hydrogen-bond donors (Lipinski definition) is 1. The molecular weight excluding hydrogens is 416 g/mol. The van der Waals surface area contributed by atoms with Gasteiger partial charge >= 0.3 is 0 Å². The maximum Gasteiger partial charge on any atom is 0.242 e. The second-order valence-corrected chi connectivity index (χ2v) is 9.97. The Balaban J connectivity index is 2.09. The van der Waals surface area contributed by atoms with E-state index in [-0.39, 0.29) is 17.4 Å². The first-order valence-electron chi connectivity index (χ1n) is 10.0. The molecule has 0 aliphatic heterocycles. The van der Waals surface area contributed by atoms with E-state index in [2.05, 4.69) is 5.32 Å². The minimum Gasteiger partial charge on any atom is -0.350 e. The molecule has 0 spiro atoms. The van der Waals surface area contributed by atoms with E-state index >= 15 is 0 Å². The molecule has 0 saturated carbocycles. The second-order valence-electron chi connectivity index (χ2n) is 8.55. The lowest BCUT2D eigenvalue weighted by Gasteiger charge is -2.31. The minimum atomic E-state index is -0.565. The number of benzene rings is 2. The van der Waals surface area contributed by atoms with Crippen LogP contribution in [0.2, 0.25) is 5.02 Å². The Kier molecular flexibility index (Phi) is 8.80. The summed E-state index contributed by atoms with van der Waals surface area (Å²) in [6.45, 7) is 10.0. The third-order valence-corrected chi connectivity index (χ3v) is 5.75. The van der Waals surface area contributed by atoms with E-state index in [0.29, 0.717) is 23.1 Å². The first-order chi connectivity index (χ1) is 14.0. The zero-order valence-electron chi connectivity index (χ0n) is 18.4. The molecule has 6 heteroatoms. The van der Waals surface area contributed by atoms with Crippen LogP contribution in [0.3, 0.4) is 0 Å². The Morgan fingerprint density at radius 1 is 1.10 bits per heavy atom. The highest BCUT2D eigenvalue weighted by molar-refractivity contribution is 7.99. The summed E-state index contributed by atoms with van der Waals surface area (Å²) in [5, 5.41) is 3.67. The molecule has 2 rings (SSSR count). The van der Waals surface area contributed by atoms with Crippen LogP contribution in [0.4, 0.5) is 0 Å². The number of halogens is 1. The number of hydrogen-bond acceptors (Lipinski definition) is 3. The van der Waals surface area contributed by atoms with Crippen LogP contribution in [0.1, 0.15) is 44.4 Å². The molecular formula is C24H31ClN2O2S. The summed E-state index contributed by atoms with van der Waals surface area (Å²) in [4.78, 5) is 27.5. The molecule has 0 unspecified atom stereocenters. The van der Waals surface area contributed by atoms with Gasteiger partial charge < -0.3 is 10.2 Å². The van der Waals surface area contributed by atoms with Gasteiger partial charge in [-0.2, -0.15) is 0 Å². The van der Waals surface area contributed by atoms with Crippen molar-refractivity contribution in [2.75, 3.05) is 5.75 Å². The van der Waals surface area contributed by atoms with E-state index in [1.54, 1.807) is 11.8 Å². The lowest BCUT2D eigenvalue weighted by molar-refractivity contribution is -0.139. The van der Waals surface area contributed by atoms with Gasteiger partial charge in [-0.05, 0) is 57.9 Å². The summed E-state index contributed by atoms with van der Waals surface area (Å²) in [7, 11) is 0. The molecule has 0 bridgehead atoms. The van der Waals surface area contributed by atoms with E-state index in [9.17, 15) is 9.59 Å². The van der Waals surface area contributed by atoms with Crippen LogP contribution in [0, 0.1) is 6.92 Å². The van der Waals surface area contributed by atoms with Crippen molar-refractivity contribution in [3.63, 3.8) is 0 Å². The van der Waals surface area contributed by atoms with Gasteiger partial charge in [0.2, 0.25) is 11.8 Å². The standard InChI is InChI=1S/C24H31ClN2O2S/c1-17-9-11-19(12-10-17)14-27(18(2)23(29)26-24(3,4)5)22(28)16-30-15-20-7-6-8-21(25)13-20/h6-13,18H,14-16H2,1-5H3,(H,26,29)/t18-/m1/s1. The number of nitrogens with zero attached hydrogens (tertiary/aromatic N) is 1. The zero-order chi connectivity index (χ0) is 22.3. The Morgan fingerprint density at radius 2 is 1.77 bits per heavy atom. The number of nitrogens with one attached hydrogen (secondary N) is 1. The number of amides is 2. The molecule has 30 heavy (non-hydrogen) atoms. The average Bonchev–Trinajstić information content (AvgIpc) is 2.65. The number of carbonyl (C=O) groups is 2. The number of rotatable bonds is 8. The summed E-state index contributed by atoms with van der Waals surface area (Å²) in [6.07, 6.45) is 0. The van der Waals surface area contributed by atoms with Crippen molar-refractivity contribution in [2.45, 2.75) is 58.5 Å². The second kappa shape index (κ2) is 10.9. The van der Waals surface area contributed by atoms with Crippen LogP contribution >= 0.6 is 23.4 Å². The highest BCUT2D eigenvalue weighted by Crippen LogP contribution is 2.19. The molecule has 4 nitrogen and oxygen atoms in total. The van der Waals surface area contributed by atoms with Crippen molar-refractivity contribution in [2.24, 2.45) is 0 Å². The maximum atomic E-state index is 13.1. The molecule has 0 saturated heterocycles. The van der Waals surface area contributed by atoms with Gasteiger partial charge in [0.1, 0.15) is 6.04 Å². The van der Waals surface area contributed by atoms with Crippen molar-refractivity contribution in [1.29, 1.82) is 0 Å². The molecule has 0 heterocycles. The Morgan fingerprint density at radius 3 is 2.37 bits per heavy atom. The Bertz CT molecular complexity index is 862. The molecule has 2 aromatic carbocycles. The van der Waals surface area contributed by atoms with Crippen LogP contribution in [-0.4, -0.2) is 34.0 Å². The molecule has 1 N–H and O–H groups in total. The first-order valence-corrected chi connectivity index (χ1v) is 11.6. The SMILES string of the molecule is Cc1ccc(CN(C(=O)CSCc2cccc(Cl)c2)[C@H](C)C(=O)NC(C)(C)C)cc1. The fourth-order valence-corrected chi connectivity index (χ4v) is 3.98. The third kappa shape index (κ3) is 8.04. The third-order valence-electron chi connectivity index (χ3n) is 4.52. The average molecular weight is 447 g/mol. The van der Waals surface area contributed by atoms with E-state index in [1.807, 2.05) is 76.2 Å². The van der Waals surface area contributed by atoms with Gasteiger partial charge in [0, 0.05) is 22.9 Å². The van der Waals surface area contributed by atoms with Crippen molar-refractivity contribution >= 4 is 35.2 Å². The van der Waals surface area contributed by atoms with Crippen LogP contribution in [0.25, 0.3) is 0 Å². The topological polar surface area (TPSA) is 49.4 Å². The normalized spacial score (nSPS) is 12.3. The number of thioether (sulfide) groups is 1. The summed E-state index contributed by atoms with van der Waals surface area (Å²) >= 11 is 7.56.